The van der Waals surface area contributed by atoms with E-state index in [1.54, 1.807) is 11.1 Å². The SMILES string of the molecule is Cc1ccccc1-n1ncc(C(=O)N2CCC(C(=O)O)CC2)c1C(C)C. The monoisotopic (exact) mass is 355 g/mol. The van der Waals surface area contributed by atoms with Gasteiger partial charge in [-0.25, -0.2) is 4.68 Å². The Labute approximate surface area is 153 Å². The molecule has 26 heavy (non-hydrogen) atoms. The molecule has 2 heterocycles. The van der Waals surface area contributed by atoms with Crippen LogP contribution in [0.15, 0.2) is 30.5 Å². The number of amides is 1. The van der Waals surface area contributed by atoms with Crippen LogP contribution in [0.25, 0.3) is 5.69 Å². The number of likely N-dealkylation sites (tertiary alicyclic amines) is 1. The Bertz CT molecular complexity index is 817. The molecule has 0 aliphatic carbocycles. The fraction of sp³-hybridized carbons (Fsp3) is 0.450. The topological polar surface area (TPSA) is 75.4 Å². The molecule has 2 aromatic rings. The van der Waals surface area contributed by atoms with E-state index >= 15 is 0 Å². The Morgan fingerprint density at radius 1 is 1.19 bits per heavy atom. The molecule has 1 amide bonds. The van der Waals surface area contributed by atoms with Gasteiger partial charge >= 0.3 is 5.97 Å². The quantitative estimate of drug-likeness (QED) is 0.913. The lowest BCUT2D eigenvalue weighted by Crippen LogP contribution is -2.40. The minimum absolute atomic E-state index is 0.0580. The molecule has 1 aliphatic rings. The zero-order valence-corrected chi connectivity index (χ0v) is 15.5. The molecule has 0 bridgehead atoms. The maximum absolute atomic E-state index is 13.1. The summed E-state index contributed by atoms with van der Waals surface area (Å²) >= 11 is 0. The number of carbonyl (C=O) groups excluding carboxylic acids is 1. The number of benzene rings is 1. The minimum Gasteiger partial charge on any atom is -0.481 e. The van der Waals surface area contributed by atoms with Crippen molar-refractivity contribution in [1.29, 1.82) is 0 Å². The van der Waals surface area contributed by atoms with Gasteiger partial charge in [0.2, 0.25) is 0 Å². The molecular formula is C20H25N3O3. The first kappa shape index (κ1) is 18.2. The fourth-order valence-electron chi connectivity index (χ4n) is 3.57. The van der Waals surface area contributed by atoms with E-state index in [1.807, 2.05) is 35.9 Å². The highest BCUT2D eigenvalue weighted by atomic mass is 16.4. The third-order valence-corrected chi connectivity index (χ3v) is 5.06. The number of carboxylic acid groups (broad SMARTS) is 1. The van der Waals surface area contributed by atoms with Gasteiger partial charge in [-0.15, -0.1) is 0 Å². The average molecular weight is 355 g/mol. The Morgan fingerprint density at radius 2 is 1.85 bits per heavy atom. The van der Waals surface area contributed by atoms with Crippen LogP contribution in [-0.2, 0) is 4.79 Å². The molecule has 138 valence electrons. The summed E-state index contributed by atoms with van der Waals surface area (Å²) in [6.45, 7) is 7.09. The van der Waals surface area contributed by atoms with Crippen LogP contribution < -0.4 is 0 Å². The molecule has 1 fully saturated rings. The molecule has 0 saturated carbocycles. The Kier molecular flexibility index (Phi) is 5.11. The first-order valence-corrected chi connectivity index (χ1v) is 9.06. The lowest BCUT2D eigenvalue weighted by molar-refractivity contribution is -0.143. The van der Waals surface area contributed by atoms with Crippen molar-refractivity contribution in [2.75, 3.05) is 13.1 Å². The summed E-state index contributed by atoms with van der Waals surface area (Å²) in [5.41, 5.74) is 3.57. The largest absolute Gasteiger partial charge is 0.481 e. The third-order valence-electron chi connectivity index (χ3n) is 5.06. The Balaban J connectivity index is 1.90. The van der Waals surface area contributed by atoms with Crippen LogP contribution in [-0.4, -0.2) is 44.8 Å². The number of carbonyl (C=O) groups is 2. The zero-order chi connectivity index (χ0) is 18.8. The first-order chi connectivity index (χ1) is 12.4. The van der Waals surface area contributed by atoms with E-state index < -0.39 is 5.97 Å². The van der Waals surface area contributed by atoms with E-state index in [-0.39, 0.29) is 17.7 Å². The number of aryl methyl sites for hydroxylation is 1. The summed E-state index contributed by atoms with van der Waals surface area (Å²) in [5.74, 6) is -1.05. The highest BCUT2D eigenvalue weighted by Crippen LogP contribution is 2.27. The second-order valence-electron chi connectivity index (χ2n) is 7.20. The summed E-state index contributed by atoms with van der Waals surface area (Å²) in [4.78, 5) is 25.9. The van der Waals surface area contributed by atoms with E-state index in [4.69, 9.17) is 5.11 Å². The van der Waals surface area contributed by atoms with E-state index in [9.17, 15) is 9.59 Å². The average Bonchev–Trinajstić information content (AvgIpc) is 3.06. The van der Waals surface area contributed by atoms with Crippen molar-refractivity contribution in [1.82, 2.24) is 14.7 Å². The Morgan fingerprint density at radius 3 is 2.42 bits per heavy atom. The van der Waals surface area contributed by atoms with Crippen molar-refractivity contribution < 1.29 is 14.7 Å². The van der Waals surface area contributed by atoms with Gasteiger partial charge in [0, 0.05) is 13.1 Å². The van der Waals surface area contributed by atoms with Crippen molar-refractivity contribution in [3.63, 3.8) is 0 Å². The Hall–Kier alpha value is -2.63. The molecule has 1 aromatic carbocycles. The van der Waals surface area contributed by atoms with Crippen molar-refractivity contribution in [3.8, 4) is 5.69 Å². The van der Waals surface area contributed by atoms with Crippen molar-refractivity contribution >= 4 is 11.9 Å². The van der Waals surface area contributed by atoms with Gasteiger partial charge in [-0.1, -0.05) is 32.0 Å². The summed E-state index contributed by atoms with van der Waals surface area (Å²) in [7, 11) is 0. The van der Waals surface area contributed by atoms with E-state index in [2.05, 4.69) is 18.9 Å². The van der Waals surface area contributed by atoms with Gasteiger partial charge in [-0.2, -0.15) is 5.10 Å². The molecule has 3 rings (SSSR count). The second kappa shape index (κ2) is 7.32. The molecule has 0 radical (unpaired) electrons. The van der Waals surface area contributed by atoms with Crippen molar-refractivity contribution in [3.05, 3.63) is 47.3 Å². The van der Waals surface area contributed by atoms with Crippen molar-refractivity contribution in [2.45, 2.75) is 39.5 Å². The molecular weight excluding hydrogens is 330 g/mol. The van der Waals surface area contributed by atoms with Gasteiger partial charge in [0.1, 0.15) is 0 Å². The van der Waals surface area contributed by atoms with Crippen LogP contribution in [0.3, 0.4) is 0 Å². The van der Waals surface area contributed by atoms with Crippen molar-refractivity contribution in [2.24, 2.45) is 5.92 Å². The molecule has 6 heteroatoms. The number of piperidine rings is 1. The smallest absolute Gasteiger partial charge is 0.306 e. The maximum Gasteiger partial charge on any atom is 0.306 e. The number of nitrogens with zero attached hydrogens (tertiary/aromatic N) is 3. The van der Waals surface area contributed by atoms with Gasteiger partial charge < -0.3 is 10.0 Å². The number of hydrogen-bond acceptors (Lipinski definition) is 3. The number of aliphatic carboxylic acids is 1. The molecule has 1 saturated heterocycles. The van der Waals surface area contributed by atoms with E-state index in [1.165, 1.54) is 0 Å². The molecule has 1 N–H and O–H groups in total. The van der Waals surface area contributed by atoms with E-state index in [0.717, 1.165) is 16.9 Å². The highest BCUT2D eigenvalue weighted by molar-refractivity contribution is 5.95. The predicted molar refractivity (Wildman–Crippen MR) is 98.7 cm³/mol. The number of carboxylic acids is 1. The van der Waals surface area contributed by atoms with Gasteiger partial charge in [-0.05, 0) is 37.3 Å². The third kappa shape index (κ3) is 3.36. The zero-order valence-electron chi connectivity index (χ0n) is 15.5. The standard InChI is InChI=1S/C20H25N3O3/c1-13(2)18-16(12-21-23(18)17-7-5-4-6-14(17)3)19(24)22-10-8-15(9-11-22)20(25)26/h4-7,12-13,15H,8-11H2,1-3H3,(H,25,26). The van der Waals surface area contributed by atoms with Gasteiger partial charge in [-0.3, -0.25) is 9.59 Å². The lowest BCUT2D eigenvalue weighted by Gasteiger charge is -2.30. The lowest BCUT2D eigenvalue weighted by atomic mass is 9.96. The normalized spacial score (nSPS) is 15.5. The highest BCUT2D eigenvalue weighted by Gasteiger charge is 2.30. The minimum atomic E-state index is -0.771. The summed E-state index contributed by atoms with van der Waals surface area (Å²) < 4.78 is 1.86. The number of aromatic nitrogens is 2. The maximum atomic E-state index is 13.1. The molecule has 1 aromatic heterocycles. The van der Waals surface area contributed by atoms with Crippen LogP contribution in [0, 0.1) is 12.8 Å². The first-order valence-electron chi connectivity index (χ1n) is 9.06. The molecule has 0 atom stereocenters. The molecule has 0 spiro atoms. The van der Waals surface area contributed by atoms with Crippen LogP contribution in [0.5, 0.6) is 0 Å². The number of hydrogen-bond donors (Lipinski definition) is 1. The molecule has 6 nitrogen and oxygen atoms in total. The number of para-hydroxylation sites is 1. The summed E-state index contributed by atoms with van der Waals surface area (Å²) in [5, 5.41) is 13.6. The van der Waals surface area contributed by atoms with Crippen LogP contribution in [0.1, 0.15) is 54.2 Å². The van der Waals surface area contributed by atoms with Gasteiger partial charge in [0.25, 0.3) is 5.91 Å². The van der Waals surface area contributed by atoms with Gasteiger partial charge in [0.05, 0.1) is 29.1 Å². The number of rotatable bonds is 4. The summed E-state index contributed by atoms with van der Waals surface area (Å²) in [6, 6.07) is 7.97. The van der Waals surface area contributed by atoms with E-state index in [0.29, 0.717) is 31.5 Å². The van der Waals surface area contributed by atoms with Crippen LogP contribution in [0.2, 0.25) is 0 Å². The molecule has 0 unspecified atom stereocenters. The predicted octanol–water partition coefficient (Wildman–Crippen LogP) is 3.24. The summed E-state index contributed by atoms with van der Waals surface area (Å²) in [6.07, 6.45) is 2.65. The molecule has 1 aliphatic heterocycles. The van der Waals surface area contributed by atoms with Gasteiger partial charge in [0.15, 0.2) is 0 Å². The second-order valence-corrected chi connectivity index (χ2v) is 7.20. The van der Waals surface area contributed by atoms with Crippen LogP contribution >= 0.6 is 0 Å². The fourth-order valence-corrected chi connectivity index (χ4v) is 3.57. The van der Waals surface area contributed by atoms with Crippen LogP contribution in [0.4, 0.5) is 0 Å².